The Labute approximate surface area is 165 Å². The molecule has 5 aliphatic rings. The number of hydrogen-bond acceptors (Lipinski definition) is 2. The summed E-state index contributed by atoms with van der Waals surface area (Å²) >= 11 is 0. The fourth-order valence-corrected chi connectivity index (χ4v) is 9.38. The molecule has 0 aromatic rings. The van der Waals surface area contributed by atoms with E-state index in [0.29, 0.717) is 34.0 Å². The lowest BCUT2D eigenvalue weighted by Crippen LogP contribution is -2.57. The summed E-state index contributed by atoms with van der Waals surface area (Å²) in [6.07, 6.45) is 14.6. The number of likely N-dealkylation sites (N-methyl/N-ethyl adjacent to an activating group) is 1. The molecule has 27 heavy (non-hydrogen) atoms. The molecule has 7 atom stereocenters. The minimum absolute atomic E-state index is 0.0901. The second-order valence-corrected chi connectivity index (χ2v) is 11.6. The standard InChI is InChI=1S/C25H37NO/c1-7-16-17(27)14-23(5)19-9-8-18-21(2,3)20(26-6)10-11-24(18)15-25(19,24)13-12-22(16,23)4/h7,10-11,18-20,26H,8-9,12-15H2,1-6H3/t18-,19-,20-,22+,23-,24-,25-/m0/s1. The number of carbonyl (C=O) groups excluding carboxylic acids is 1. The summed E-state index contributed by atoms with van der Waals surface area (Å²) in [5.74, 6) is 1.91. The van der Waals surface area contributed by atoms with Crippen molar-refractivity contribution in [2.24, 2.45) is 38.9 Å². The lowest BCUT2D eigenvalue weighted by Gasteiger charge is -2.61. The largest absolute Gasteiger partial charge is 0.313 e. The number of nitrogens with one attached hydrogen (secondary N) is 1. The Morgan fingerprint density at radius 1 is 1.11 bits per heavy atom. The average molecular weight is 368 g/mol. The van der Waals surface area contributed by atoms with Crippen molar-refractivity contribution < 1.29 is 4.79 Å². The van der Waals surface area contributed by atoms with E-state index in [0.717, 1.165) is 17.9 Å². The Kier molecular flexibility index (Phi) is 3.35. The molecule has 2 nitrogen and oxygen atoms in total. The molecule has 0 radical (unpaired) electrons. The van der Waals surface area contributed by atoms with Crippen molar-refractivity contribution in [3.8, 4) is 0 Å². The molecule has 0 aliphatic heterocycles. The highest BCUT2D eigenvalue weighted by Gasteiger charge is 2.81. The molecule has 5 aliphatic carbocycles. The van der Waals surface area contributed by atoms with Crippen molar-refractivity contribution in [2.45, 2.75) is 79.2 Å². The topological polar surface area (TPSA) is 29.1 Å². The van der Waals surface area contributed by atoms with E-state index in [9.17, 15) is 4.79 Å². The van der Waals surface area contributed by atoms with E-state index in [1.54, 1.807) is 0 Å². The highest BCUT2D eigenvalue weighted by Crippen LogP contribution is 2.87. The third-order valence-corrected chi connectivity index (χ3v) is 10.9. The molecule has 0 heterocycles. The monoisotopic (exact) mass is 367 g/mol. The van der Waals surface area contributed by atoms with E-state index in [-0.39, 0.29) is 10.8 Å². The fourth-order valence-electron chi connectivity index (χ4n) is 9.38. The van der Waals surface area contributed by atoms with Gasteiger partial charge in [-0.25, -0.2) is 0 Å². The minimum Gasteiger partial charge on any atom is -0.313 e. The summed E-state index contributed by atoms with van der Waals surface area (Å²) in [6, 6.07) is 0.481. The Morgan fingerprint density at radius 2 is 1.81 bits per heavy atom. The second kappa shape index (κ2) is 4.99. The predicted octanol–water partition coefficient (Wildman–Crippen LogP) is 5.30. The van der Waals surface area contributed by atoms with Crippen molar-refractivity contribution in [3.63, 3.8) is 0 Å². The van der Waals surface area contributed by atoms with Crippen LogP contribution in [0.25, 0.3) is 0 Å². The van der Waals surface area contributed by atoms with Crippen LogP contribution in [0.2, 0.25) is 0 Å². The second-order valence-electron chi connectivity index (χ2n) is 11.6. The van der Waals surface area contributed by atoms with Crippen LogP contribution in [0, 0.1) is 38.9 Å². The van der Waals surface area contributed by atoms with Gasteiger partial charge in [-0.05, 0) is 85.1 Å². The highest BCUT2D eigenvalue weighted by molar-refractivity contribution is 6.00. The van der Waals surface area contributed by atoms with E-state index in [4.69, 9.17) is 0 Å². The number of carbonyl (C=O) groups is 1. The van der Waals surface area contributed by atoms with E-state index < -0.39 is 0 Å². The van der Waals surface area contributed by atoms with Crippen LogP contribution in [0.3, 0.4) is 0 Å². The van der Waals surface area contributed by atoms with Gasteiger partial charge in [0.05, 0.1) is 0 Å². The van der Waals surface area contributed by atoms with Crippen LogP contribution >= 0.6 is 0 Å². The van der Waals surface area contributed by atoms with Gasteiger partial charge in [-0.15, -0.1) is 0 Å². The molecule has 148 valence electrons. The Hall–Kier alpha value is -0.890. The number of ketones is 1. The third kappa shape index (κ3) is 1.73. The first-order valence-corrected chi connectivity index (χ1v) is 11.2. The Bertz CT molecular complexity index is 777. The number of rotatable bonds is 1. The van der Waals surface area contributed by atoms with Gasteiger partial charge >= 0.3 is 0 Å². The third-order valence-electron chi connectivity index (χ3n) is 10.9. The number of Topliss-reactive ketones (excluding diaryl/α,β-unsaturated/α-hetero) is 1. The minimum atomic E-state index is 0.0901. The van der Waals surface area contributed by atoms with Gasteiger partial charge in [0.25, 0.3) is 0 Å². The van der Waals surface area contributed by atoms with Crippen LogP contribution in [-0.4, -0.2) is 18.9 Å². The molecule has 0 unspecified atom stereocenters. The van der Waals surface area contributed by atoms with Crippen molar-refractivity contribution in [2.75, 3.05) is 7.05 Å². The van der Waals surface area contributed by atoms with E-state index in [1.165, 1.54) is 32.1 Å². The van der Waals surface area contributed by atoms with Crippen LogP contribution in [0.4, 0.5) is 0 Å². The lowest BCUT2D eigenvalue weighted by molar-refractivity contribution is -0.119. The molecule has 5 rings (SSSR count). The molecule has 4 fully saturated rings. The van der Waals surface area contributed by atoms with Crippen molar-refractivity contribution in [3.05, 3.63) is 23.8 Å². The fraction of sp³-hybridized carbons (Fsp3) is 0.800. The quantitative estimate of drug-likeness (QED) is 0.503. The Balaban J connectivity index is 1.60. The van der Waals surface area contributed by atoms with Crippen LogP contribution in [0.5, 0.6) is 0 Å². The normalized spacial score (nSPS) is 56.3. The number of hydrogen-bond donors (Lipinski definition) is 1. The predicted molar refractivity (Wildman–Crippen MR) is 110 cm³/mol. The molecule has 2 heteroatoms. The van der Waals surface area contributed by atoms with Crippen molar-refractivity contribution in [1.29, 1.82) is 0 Å². The molecular weight excluding hydrogens is 330 g/mol. The summed E-state index contributed by atoms with van der Waals surface area (Å²) in [5.41, 5.74) is 2.55. The van der Waals surface area contributed by atoms with Crippen LogP contribution in [0.15, 0.2) is 23.8 Å². The molecule has 0 aromatic carbocycles. The summed E-state index contributed by atoms with van der Waals surface area (Å²) in [6.45, 7) is 11.9. The molecule has 2 spiro atoms. The van der Waals surface area contributed by atoms with Crippen LogP contribution in [-0.2, 0) is 4.79 Å². The summed E-state index contributed by atoms with van der Waals surface area (Å²) in [5, 5.41) is 3.56. The average Bonchev–Trinajstić information content (AvgIpc) is 3.21. The molecule has 1 N–H and O–H groups in total. The maximum absolute atomic E-state index is 13.0. The zero-order valence-electron chi connectivity index (χ0n) is 18.1. The molecule has 0 saturated heterocycles. The van der Waals surface area contributed by atoms with Gasteiger partial charge in [-0.1, -0.05) is 45.9 Å². The van der Waals surface area contributed by atoms with Crippen molar-refractivity contribution in [1.82, 2.24) is 5.32 Å². The first-order chi connectivity index (χ1) is 12.6. The summed E-state index contributed by atoms with van der Waals surface area (Å²) < 4.78 is 0. The number of fused-ring (bicyclic) bond motifs is 2. The first kappa shape index (κ1) is 18.2. The van der Waals surface area contributed by atoms with E-state index >= 15 is 0 Å². The van der Waals surface area contributed by atoms with E-state index in [2.05, 4.69) is 65.2 Å². The molecular formula is C25H37NO. The molecule has 0 bridgehead atoms. The van der Waals surface area contributed by atoms with Gasteiger partial charge in [0.15, 0.2) is 5.78 Å². The number of allylic oxidation sites excluding steroid dienone is 3. The zero-order valence-corrected chi connectivity index (χ0v) is 18.1. The molecule has 0 amide bonds. The van der Waals surface area contributed by atoms with Gasteiger partial charge < -0.3 is 5.32 Å². The van der Waals surface area contributed by atoms with Crippen molar-refractivity contribution >= 4 is 5.78 Å². The summed E-state index contributed by atoms with van der Waals surface area (Å²) in [7, 11) is 2.11. The van der Waals surface area contributed by atoms with Gasteiger partial charge in [-0.2, -0.15) is 0 Å². The first-order valence-electron chi connectivity index (χ1n) is 11.2. The maximum Gasteiger partial charge on any atom is 0.159 e. The van der Waals surface area contributed by atoms with Crippen LogP contribution < -0.4 is 5.32 Å². The maximum atomic E-state index is 13.0. The van der Waals surface area contributed by atoms with Gasteiger partial charge in [0.1, 0.15) is 0 Å². The van der Waals surface area contributed by atoms with E-state index in [1.807, 2.05) is 0 Å². The van der Waals surface area contributed by atoms with Gasteiger partial charge in [0, 0.05) is 17.9 Å². The lowest BCUT2D eigenvalue weighted by atomic mass is 9.43. The zero-order chi connectivity index (χ0) is 19.5. The van der Waals surface area contributed by atoms with Gasteiger partial charge in [0.2, 0.25) is 0 Å². The molecule has 4 saturated carbocycles. The molecule has 0 aromatic heterocycles. The smallest absolute Gasteiger partial charge is 0.159 e. The van der Waals surface area contributed by atoms with Crippen LogP contribution in [0.1, 0.15) is 73.1 Å². The van der Waals surface area contributed by atoms with Gasteiger partial charge in [-0.3, -0.25) is 4.79 Å². The highest BCUT2D eigenvalue weighted by atomic mass is 16.1. The summed E-state index contributed by atoms with van der Waals surface area (Å²) in [4.78, 5) is 13.0. The Morgan fingerprint density at radius 3 is 2.48 bits per heavy atom. The SMILES string of the molecule is CC=C1C(=O)C[C@@]2(C)[C@@H]3CC[C@H]4C(C)(C)[C@@H](NC)C=C[C@]45C[C@@]35CC[C@]12C.